The van der Waals surface area contributed by atoms with Crippen LogP contribution < -0.4 is 15.2 Å². The average molecular weight is 356 g/mol. The van der Waals surface area contributed by atoms with Gasteiger partial charge in [-0.25, -0.2) is 0 Å². The summed E-state index contributed by atoms with van der Waals surface area (Å²) in [5, 5.41) is 0. The smallest absolute Gasteiger partial charge is 0.196 e. The third-order valence-electron chi connectivity index (χ3n) is 2.93. The number of nitrogen functional groups attached to an aromatic ring is 1. The number of aryl methyl sites for hydroxylation is 1. The molecule has 0 saturated heterocycles. The van der Waals surface area contributed by atoms with E-state index in [4.69, 9.17) is 15.2 Å². The van der Waals surface area contributed by atoms with E-state index in [9.17, 15) is 4.79 Å². The number of carbonyl (C=O) groups excluding carboxylic acids is 1. The van der Waals surface area contributed by atoms with Crippen molar-refractivity contribution in [2.45, 2.75) is 6.92 Å². The summed E-state index contributed by atoms with van der Waals surface area (Å²) in [4.78, 5) is 13.5. The first-order valence-electron chi connectivity index (χ1n) is 5.80. The van der Waals surface area contributed by atoms with Gasteiger partial charge in [0.05, 0.1) is 18.0 Å². The summed E-state index contributed by atoms with van der Waals surface area (Å²) in [6.07, 6.45) is 0. The Kier molecular flexibility index (Phi) is 4.35. The van der Waals surface area contributed by atoms with Gasteiger partial charge in [-0.3, -0.25) is 4.79 Å². The summed E-state index contributed by atoms with van der Waals surface area (Å²) in [6, 6.07) is 5.02. The molecule has 0 fully saturated rings. The van der Waals surface area contributed by atoms with Gasteiger partial charge >= 0.3 is 0 Å². The number of thiophene rings is 1. The third-order valence-corrected chi connectivity index (χ3v) is 4.49. The number of nitrogens with two attached hydrogens (primary N) is 1. The zero-order chi connectivity index (χ0) is 14.9. The van der Waals surface area contributed by atoms with Crippen molar-refractivity contribution in [1.29, 1.82) is 0 Å². The number of hydrogen-bond acceptors (Lipinski definition) is 5. The molecule has 1 aromatic carbocycles. The first-order chi connectivity index (χ1) is 9.47. The summed E-state index contributed by atoms with van der Waals surface area (Å²) < 4.78 is 11.3. The highest BCUT2D eigenvalue weighted by molar-refractivity contribution is 9.11. The molecule has 0 aliphatic carbocycles. The number of rotatable bonds is 4. The lowest BCUT2D eigenvalue weighted by molar-refractivity contribution is 0.103. The third kappa shape index (κ3) is 2.66. The molecule has 0 atom stereocenters. The van der Waals surface area contributed by atoms with Crippen LogP contribution in [0, 0.1) is 6.92 Å². The van der Waals surface area contributed by atoms with Gasteiger partial charge in [-0.05, 0) is 35.0 Å². The number of anilines is 1. The molecule has 0 aliphatic heterocycles. The number of ether oxygens (including phenoxy) is 2. The van der Waals surface area contributed by atoms with Gasteiger partial charge < -0.3 is 15.2 Å². The molecule has 2 rings (SSSR count). The molecule has 0 unspecified atom stereocenters. The van der Waals surface area contributed by atoms with Crippen molar-refractivity contribution in [1.82, 2.24) is 0 Å². The van der Waals surface area contributed by atoms with E-state index in [0.29, 0.717) is 28.3 Å². The minimum absolute atomic E-state index is 0.122. The number of benzene rings is 1. The normalized spacial score (nSPS) is 10.4. The number of ketones is 1. The Morgan fingerprint density at radius 3 is 2.25 bits per heavy atom. The van der Waals surface area contributed by atoms with Crippen LogP contribution in [0.1, 0.15) is 20.8 Å². The van der Waals surface area contributed by atoms with Crippen molar-refractivity contribution in [3.05, 3.63) is 38.0 Å². The first kappa shape index (κ1) is 14.9. The Bertz CT molecular complexity index is 667. The molecular formula is C14H14BrNO3S. The van der Waals surface area contributed by atoms with Crippen molar-refractivity contribution in [3.63, 3.8) is 0 Å². The van der Waals surface area contributed by atoms with Crippen LogP contribution in [0.5, 0.6) is 11.5 Å². The second-order valence-electron chi connectivity index (χ2n) is 4.14. The van der Waals surface area contributed by atoms with Crippen LogP contribution in [0.15, 0.2) is 22.0 Å². The lowest BCUT2D eigenvalue weighted by Gasteiger charge is -2.11. The highest BCUT2D eigenvalue weighted by atomic mass is 79.9. The molecule has 20 heavy (non-hydrogen) atoms. The van der Waals surface area contributed by atoms with Crippen LogP contribution in [-0.4, -0.2) is 20.0 Å². The highest BCUT2D eigenvalue weighted by Gasteiger charge is 2.19. The standard InChI is InChI=1S/C14H14BrNO3S/c1-7-8(5-13(15)20-7)14(17)9-4-11(18-2)12(19-3)6-10(9)16/h4-6H,16H2,1-3H3. The monoisotopic (exact) mass is 355 g/mol. The minimum atomic E-state index is -0.122. The van der Waals surface area contributed by atoms with Crippen molar-refractivity contribution < 1.29 is 14.3 Å². The van der Waals surface area contributed by atoms with Gasteiger partial charge in [-0.2, -0.15) is 0 Å². The maximum absolute atomic E-state index is 12.6. The van der Waals surface area contributed by atoms with E-state index >= 15 is 0 Å². The number of carbonyl (C=O) groups is 1. The van der Waals surface area contributed by atoms with Gasteiger partial charge in [0.25, 0.3) is 0 Å². The van der Waals surface area contributed by atoms with Gasteiger partial charge in [0.15, 0.2) is 17.3 Å². The molecule has 1 heterocycles. The van der Waals surface area contributed by atoms with Crippen LogP contribution in [0.3, 0.4) is 0 Å². The van der Waals surface area contributed by atoms with Crippen LogP contribution >= 0.6 is 27.3 Å². The summed E-state index contributed by atoms with van der Waals surface area (Å²) in [5.74, 6) is 0.865. The molecule has 106 valence electrons. The SMILES string of the molecule is COc1cc(N)c(C(=O)c2cc(Br)sc2C)cc1OC. The minimum Gasteiger partial charge on any atom is -0.493 e. The molecule has 2 N–H and O–H groups in total. The largest absolute Gasteiger partial charge is 0.493 e. The fourth-order valence-electron chi connectivity index (χ4n) is 1.91. The van der Waals surface area contributed by atoms with E-state index in [1.807, 2.05) is 6.92 Å². The average Bonchev–Trinajstić information content (AvgIpc) is 2.76. The van der Waals surface area contributed by atoms with E-state index in [1.54, 1.807) is 18.2 Å². The highest BCUT2D eigenvalue weighted by Crippen LogP contribution is 2.35. The second kappa shape index (κ2) is 5.85. The molecule has 0 aliphatic rings. The van der Waals surface area contributed by atoms with Gasteiger partial charge in [0.2, 0.25) is 0 Å². The van der Waals surface area contributed by atoms with E-state index in [-0.39, 0.29) is 5.78 Å². The molecule has 6 heteroatoms. The molecule has 0 amide bonds. The molecule has 0 saturated carbocycles. The van der Waals surface area contributed by atoms with Crippen LogP contribution in [0.4, 0.5) is 5.69 Å². The second-order valence-corrected chi connectivity index (χ2v) is 6.78. The van der Waals surface area contributed by atoms with E-state index in [2.05, 4.69) is 15.9 Å². The Labute approximate surface area is 129 Å². The number of methoxy groups -OCH3 is 2. The molecule has 0 bridgehead atoms. The van der Waals surface area contributed by atoms with E-state index in [0.717, 1.165) is 8.66 Å². The molecule has 4 nitrogen and oxygen atoms in total. The molecule has 0 radical (unpaired) electrons. The van der Waals surface area contributed by atoms with E-state index in [1.165, 1.54) is 25.6 Å². The molecule has 0 spiro atoms. The Balaban J connectivity index is 2.52. The van der Waals surface area contributed by atoms with Crippen LogP contribution in [0.25, 0.3) is 0 Å². The van der Waals surface area contributed by atoms with Crippen molar-refractivity contribution >= 4 is 38.7 Å². The van der Waals surface area contributed by atoms with Crippen molar-refractivity contribution in [2.75, 3.05) is 20.0 Å². The predicted octanol–water partition coefficient (Wildman–Crippen LogP) is 3.65. The molecule has 1 aromatic heterocycles. The number of hydrogen-bond donors (Lipinski definition) is 1. The maximum Gasteiger partial charge on any atom is 0.196 e. The lowest BCUT2D eigenvalue weighted by atomic mass is 10.0. The van der Waals surface area contributed by atoms with Gasteiger partial charge in [-0.1, -0.05) is 0 Å². The van der Waals surface area contributed by atoms with Crippen molar-refractivity contribution in [2.24, 2.45) is 0 Å². The first-order valence-corrected chi connectivity index (χ1v) is 7.41. The van der Waals surface area contributed by atoms with E-state index < -0.39 is 0 Å². The van der Waals surface area contributed by atoms with Crippen LogP contribution in [-0.2, 0) is 0 Å². The summed E-state index contributed by atoms with van der Waals surface area (Å²) in [6.45, 7) is 1.90. The lowest BCUT2D eigenvalue weighted by Crippen LogP contribution is -2.07. The maximum atomic E-state index is 12.6. The fourth-order valence-corrected chi connectivity index (χ4v) is 3.60. The van der Waals surface area contributed by atoms with Gasteiger partial charge in [-0.15, -0.1) is 11.3 Å². The van der Waals surface area contributed by atoms with Gasteiger partial charge in [0, 0.05) is 27.8 Å². The Hall–Kier alpha value is -1.53. The Morgan fingerprint density at radius 2 is 1.75 bits per heavy atom. The number of halogens is 1. The molecular weight excluding hydrogens is 342 g/mol. The zero-order valence-corrected chi connectivity index (χ0v) is 13.7. The predicted molar refractivity (Wildman–Crippen MR) is 84.1 cm³/mol. The Morgan fingerprint density at radius 1 is 1.15 bits per heavy atom. The quantitative estimate of drug-likeness (QED) is 0.671. The summed E-state index contributed by atoms with van der Waals surface area (Å²) in [7, 11) is 3.05. The van der Waals surface area contributed by atoms with Gasteiger partial charge in [0.1, 0.15) is 0 Å². The zero-order valence-electron chi connectivity index (χ0n) is 11.3. The topological polar surface area (TPSA) is 61.5 Å². The van der Waals surface area contributed by atoms with Crippen LogP contribution in [0.2, 0.25) is 0 Å². The summed E-state index contributed by atoms with van der Waals surface area (Å²) in [5.41, 5.74) is 7.37. The molecule has 2 aromatic rings. The van der Waals surface area contributed by atoms with Crippen molar-refractivity contribution in [3.8, 4) is 11.5 Å². The fraction of sp³-hybridized carbons (Fsp3) is 0.214. The summed E-state index contributed by atoms with van der Waals surface area (Å²) >= 11 is 4.90.